The summed E-state index contributed by atoms with van der Waals surface area (Å²) in [6, 6.07) is 0.153. The number of halogens is 3. The quantitative estimate of drug-likeness (QED) is 0.738. The van der Waals surface area contributed by atoms with E-state index >= 15 is 0 Å². The van der Waals surface area contributed by atoms with Crippen molar-refractivity contribution in [2.45, 2.75) is 24.8 Å². The maximum absolute atomic E-state index is 12.4. The molecule has 3 nitrogen and oxygen atoms in total. The fraction of sp³-hybridized carbons (Fsp3) is 0.875. The van der Waals surface area contributed by atoms with E-state index in [-0.39, 0.29) is 37.2 Å². The van der Waals surface area contributed by atoms with Crippen LogP contribution >= 0.6 is 12.4 Å². The van der Waals surface area contributed by atoms with Gasteiger partial charge < -0.3 is 10.6 Å². The third-order valence-corrected chi connectivity index (χ3v) is 2.53. The number of hydrogen-bond donors (Lipinski definition) is 2. The van der Waals surface area contributed by atoms with Gasteiger partial charge in [-0.05, 0) is 0 Å². The van der Waals surface area contributed by atoms with Gasteiger partial charge in [0.2, 0.25) is 5.91 Å². The second kappa shape index (κ2) is 3.98. The molecule has 0 spiro atoms. The normalized spacial score (nSPS) is 28.6. The van der Waals surface area contributed by atoms with Crippen molar-refractivity contribution in [2.24, 2.45) is 5.92 Å². The third kappa shape index (κ3) is 2.54. The van der Waals surface area contributed by atoms with E-state index in [9.17, 15) is 13.6 Å². The van der Waals surface area contributed by atoms with Crippen LogP contribution in [0.1, 0.15) is 12.8 Å². The summed E-state index contributed by atoms with van der Waals surface area (Å²) in [7, 11) is 0. The van der Waals surface area contributed by atoms with Gasteiger partial charge in [0.1, 0.15) is 0 Å². The first-order valence-corrected chi connectivity index (χ1v) is 4.46. The van der Waals surface area contributed by atoms with Crippen LogP contribution in [0.5, 0.6) is 0 Å². The van der Waals surface area contributed by atoms with E-state index < -0.39 is 11.8 Å². The Labute approximate surface area is 87.0 Å². The number of hydrogen-bond acceptors (Lipinski definition) is 2. The number of rotatable bonds is 3. The predicted octanol–water partition coefficient (Wildman–Crippen LogP) is 0.542. The molecule has 1 saturated carbocycles. The van der Waals surface area contributed by atoms with Crippen LogP contribution in [0.25, 0.3) is 0 Å². The van der Waals surface area contributed by atoms with E-state index in [0.29, 0.717) is 0 Å². The fourth-order valence-corrected chi connectivity index (χ4v) is 1.39. The minimum atomic E-state index is -2.57. The molecule has 1 heterocycles. The highest BCUT2D eigenvalue weighted by atomic mass is 35.5. The number of amides is 1. The van der Waals surface area contributed by atoms with Gasteiger partial charge in [-0.25, -0.2) is 8.78 Å². The summed E-state index contributed by atoms with van der Waals surface area (Å²) >= 11 is 0. The van der Waals surface area contributed by atoms with Gasteiger partial charge in [0.05, 0.1) is 6.04 Å². The number of alkyl halides is 2. The first kappa shape index (κ1) is 11.7. The zero-order chi connectivity index (χ0) is 9.47. The highest BCUT2D eigenvalue weighted by molar-refractivity contribution is 5.85. The Balaban J connectivity index is 0.000000980. The molecule has 82 valence electrons. The summed E-state index contributed by atoms with van der Waals surface area (Å²) in [5.74, 6) is -3.52. The molecule has 0 aromatic carbocycles. The lowest BCUT2D eigenvalue weighted by Crippen LogP contribution is -2.57. The summed E-state index contributed by atoms with van der Waals surface area (Å²) < 4.78 is 24.8. The van der Waals surface area contributed by atoms with E-state index in [4.69, 9.17) is 0 Å². The molecule has 0 bridgehead atoms. The fourth-order valence-electron chi connectivity index (χ4n) is 1.39. The van der Waals surface area contributed by atoms with Gasteiger partial charge in [0.25, 0.3) is 5.92 Å². The van der Waals surface area contributed by atoms with Crippen molar-refractivity contribution < 1.29 is 13.6 Å². The maximum Gasteiger partial charge on any atom is 0.252 e. The van der Waals surface area contributed by atoms with E-state index in [0.717, 1.165) is 13.1 Å². The molecule has 2 fully saturated rings. The van der Waals surface area contributed by atoms with Crippen molar-refractivity contribution in [3.63, 3.8) is 0 Å². The molecule has 0 radical (unpaired) electrons. The monoisotopic (exact) mass is 226 g/mol. The molecule has 1 saturated heterocycles. The van der Waals surface area contributed by atoms with Gasteiger partial charge in [-0.1, -0.05) is 0 Å². The lowest BCUT2D eigenvalue weighted by Gasteiger charge is -2.27. The molecule has 1 unspecified atom stereocenters. The molecule has 2 aliphatic rings. The van der Waals surface area contributed by atoms with Gasteiger partial charge in [0, 0.05) is 31.8 Å². The molecule has 1 atom stereocenters. The average molecular weight is 227 g/mol. The van der Waals surface area contributed by atoms with Gasteiger partial charge in [-0.3, -0.25) is 4.79 Å². The van der Waals surface area contributed by atoms with Gasteiger partial charge in [0.15, 0.2) is 0 Å². The molecule has 1 aliphatic carbocycles. The Morgan fingerprint density at radius 1 is 1.50 bits per heavy atom. The summed E-state index contributed by atoms with van der Waals surface area (Å²) in [6.07, 6.45) is -0.146. The van der Waals surface area contributed by atoms with Crippen molar-refractivity contribution in [1.29, 1.82) is 0 Å². The Hall–Kier alpha value is -0.420. The first-order chi connectivity index (χ1) is 6.08. The van der Waals surface area contributed by atoms with Crippen LogP contribution in [-0.4, -0.2) is 31.0 Å². The molecule has 2 rings (SSSR count). The standard InChI is InChI=1S/C8H12F2N2O.ClH/c9-8(10)2-5(8)1-7(13)12-6-3-11-4-6;/h5-6,11H,1-4H2,(H,12,13);1H. The van der Waals surface area contributed by atoms with Crippen LogP contribution in [0.15, 0.2) is 0 Å². The SMILES string of the molecule is Cl.O=C(CC1CC1(F)F)NC1CNC1. The highest BCUT2D eigenvalue weighted by Gasteiger charge is 2.57. The average Bonchev–Trinajstić information content (AvgIpc) is 2.50. The Morgan fingerprint density at radius 3 is 2.43 bits per heavy atom. The smallest absolute Gasteiger partial charge is 0.252 e. The van der Waals surface area contributed by atoms with Crippen LogP contribution in [-0.2, 0) is 4.79 Å². The molecule has 0 aromatic heterocycles. The van der Waals surface area contributed by atoms with Crippen molar-refractivity contribution in [3.05, 3.63) is 0 Å². The summed E-state index contributed by atoms with van der Waals surface area (Å²) in [4.78, 5) is 11.1. The number of carbonyl (C=O) groups excluding carboxylic acids is 1. The topological polar surface area (TPSA) is 41.1 Å². The van der Waals surface area contributed by atoms with E-state index in [1.54, 1.807) is 0 Å². The lowest BCUT2D eigenvalue weighted by atomic mass is 10.1. The minimum Gasteiger partial charge on any atom is -0.351 e. The van der Waals surface area contributed by atoms with Gasteiger partial charge in [-0.2, -0.15) is 0 Å². The molecule has 6 heteroatoms. The third-order valence-electron chi connectivity index (χ3n) is 2.53. The zero-order valence-electron chi connectivity index (χ0n) is 7.56. The Morgan fingerprint density at radius 2 is 2.07 bits per heavy atom. The van der Waals surface area contributed by atoms with Gasteiger partial charge in [-0.15, -0.1) is 12.4 Å². The Kier molecular flexibility index (Phi) is 3.32. The highest BCUT2D eigenvalue weighted by Crippen LogP contribution is 2.50. The summed E-state index contributed by atoms with van der Waals surface area (Å²) in [5, 5.41) is 5.68. The molecule has 14 heavy (non-hydrogen) atoms. The van der Waals surface area contributed by atoms with Gasteiger partial charge >= 0.3 is 0 Å². The van der Waals surface area contributed by atoms with Crippen molar-refractivity contribution in [2.75, 3.05) is 13.1 Å². The maximum atomic E-state index is 12.4. The Bertz CT molecular complexity index is 233. The number of nitrogens with one attached hydrogen (secondary N) is 2. The minimum absolute atomic E-state index is 0. The van der Waals surface area contributed by atoms with Crippen molar-refractivity contribution in [1.82, 2.24) is 10.6 Å². The van der Waals surface area contributed by atoms with E-state index in [2.05, 4.69) is 10.6 Å². The molecule has 1 aliphatic heterocycles. The zero-order valence-corrected chi connectivity index (χ0v) is 8.37. The second-order valence-electron chi connectivity index (χ2n) is 3.79. The lowest BCUT2D eigenvalue weighted by molar-refractivity contribution is -0.123. The molecule has 0 aromatic rings. The molecular formula is C8H13ClF2N2O. The molecule has 1 amide bonds. The van der Waals surface area contributed by atoms with Crippen molar-refractivity contribution in [3.8, 4) is 0 Å². The van der Waals surface area contributed by atoms with Crippen LogP contribution in [0, 0.1) is 5.92 Å². The van der Waals surface area contributed by atoms with Crippen LogP contribution in [0.2, 0.25) is 0 Å². The van der Waals surface area contributed by atoms with Crippen LogP contribution in [0.3, 0.4) is 0 Å². The van der Waals surface area contributed by atoms with Crippen LogP contribution in [0.4, 0.5) is 8.78 Å². The predicted molar refractivity (Wildman–Crippen MR) is 49.7 cm³/mol. The largest absolute Gasteiger partial charge is 0.351 e. The second-order valence-corrected chi connectivity index (χ2v) is 3.79. The number of carbonyl (C=O) groups is 1. The van der Waals surface area contributed by atoms with E-state index in [1.807, 2.05) is 0 Å². The summed E-state index contributed by atoms with van der Waals surface area (Å²) in [6.45, 7) is 1.51. The summed E-state index contributed by atoms with van der Waals surface area (Å²) in [5.41, 5.74) is 0. The molecular weight excluding hydrogens is 214 g/mol. The van der Waals surface area contributed by atoms with Crippen molar-refractivity contribution >= 4 is 18.3 Å². The van der Waals surface area contributed by atoms with Crippen LogP contribution < -0.4 is 10.6 Å². The van der Waals surface area contributed by atoms with E-state index in [1.165, 1.54) is 0 Å². The molecule has 2 N–H and O–H groups in total. The first-order valence-electron chi connectivity index (χ1n) is 4.46.